The van der Waals surface area contributed by atoms with Crippen molar-refractivity contribution in [3.05, 3.63) is 41.2 Å². The second kappa shape index (κ2) is 8.80. The summed E-state index contributed by atoms with van der Waals surface area (Å²) in [7, 11) is 0. The molecule has 2 saturated heterocycles. The number of hydrogen-bond donors (Lipinski definition) is 3. The summed E-state index contributed by atoms with van der Waals surface area (Å²) in [6.45, 7) is 3.98. The van der Waals surface area contributed by atoms with E-state index >= 15 is 0 Å². The van der Waals surface area contributed by atoms with Crippen molar-refractivity contribution >= 4 is 28.7 Å². The van der Waals surface area contributed by atoms with E-state index in [1.54, 1.807) is 23.6 Å². The van der Waals surface area contributed by atoms with Gasteiger partial charge in [-0.2, -0.15) is 4.98 Å². The predicted molar refractivity (Wildman–Crippen MR) is 116 cm³/mol. The molecule has 11 heteroatoms. The summed E-state index contributed by atoms with van der Waals surface area (Å²) in [6, 6.07) is 7.33. The summed E-state index contributed by atoms with van der Waals surface area (Å²) in [5, 5.41) is 24.8. The van der Waals surface area contributed by atoms with Gasteiger partial charge in [0.25, 0.3) is 0 Å². The van der Waals surface area contributed by atoms with E-state index in [1.807, 2.05) is 12.1 Å². The number of aromatic nitrogens is 4. The van der Waals surface area contributed by atoms with Crippen LogP contribution >= 0.6 is 11.6 Å². The van der Waals surface area contributed by atoms with Gasteiger partial charge >= 0.3 is 0 Å². The minimum absolute atomic E-state index is 0.274. The zero-order valence-corrected chi connectivity index (χ0v) is 18.1. The van der Waals surface area contributed by atoms with Crippen molar-refractivity contribution in [2.45, 2.75) is 38.1 Å². The molecule has 10 nitrogen and oxygen atoms in total. The van der Waals surface area contributed by atoms with Crippen LogP contribution in [0.2, 0.25) is 5.02 Å². The minimum atomic E-state index is -1.14. The fourth-order valence-electron chi connectivity index (χ4n) is 3.77. The Kier molecular flexibility index (Phi) is 5.87. The highest BCUT2D eigenvalue weighted by Crippen LogP contribution is 2.36. The third-order valence-electron chi connectivity index (χ3n) is 5.72. The van der Waals surface area contributed by atoms with Gasteiger partial charge in [-0.15, -0.1) is 0 Å². The Morgan fingerprint density at radius 2 is 1.97 bits per heavy atom. The molecule has 2 fully saturated rings. The van der Waals surface area contributed by atoms with Crippen molar-refractivity contribution in [3.8, 4) is 5.88 Å². The Labute approximate surface area is 189 Å². The van der Waals surface area contributed by atoms with E-state index < -0.39 is 24.5 Å². The molecule has 5 rings (SSSR count). The number of fused-ring (bicyclic) bond motifs is 1. The molecule has 3 N–H and O–H groups in total. The molecule has 0 radical (unpaired) electrons. The molecule has 0 bridgehead atoms. The fraction of sp³-hybridized carbons (Fsp3) is 0.476. The summed E-state index contributed by atoms with van der Waals surface area (Å²) in [4.78, 5) is 13.3. The van der Waals surface area contributed by atoms with Crippen molar-refractivity contribution in [3.63, 3.8) is 0 Å². The molecule has 2 aliphatic rings. The number of rotatable bonds is 7. The fourth-order valence-corrected chi connectivity index (χ4v) is 3.90. The maximum absolute atomic E-state index is 10.6. The Bertz CT molecular complexity index is 1090. The van der Waals surface area contributed by atoms with Crippen LogP contribution in [0, 0.1) is 5.92 Å². The molecule has 4 atom stereocenters. The first-order valence-electron chi connectivity index (χ1n) is 10.4. The van der Waals surface area contributed by atoms with Gasteiger partial charge in [-0.3, -0.25) is 4.57 Å². The van der Waals surface area contributed by atoms with E-state index in [4.69, 9.17) is 25.8 Å². The van der Waals surface area contributed by atoms with Crippen molar-refractivity contribution in [2.24, 2.45) is 5.92 Å². The van der Waals surface area contributed by atoms with Gasteiger partial charge < -0.3 is 29.7 Å². The Balaban J connectivity index is 1.48. The van der Waals surface area contributed by atoms with Gasteiger partial charge in [-0.25, -0.2) is 9.97 Å². The average Bonchev–Trinajstić information content (AvgIpc) is 3.24. The van der Waals surface area contributed by atoms with Crippen molar-refractivity contribution < 1.29 is 24.4 Å². The first-order valence-corrected chi connectivity index (χ1v) is 10.8. The Morgan fingerprint density at radius 1 is 1.19 bits per heavy atom. The van der Waals surface area contributed by atoms with Crippen LogP contribution in [-0.2, 0) is 16.1 Å². The average molecular weight is 462 g/mol. The number of aliphatic hydroxyl groups is 2. The summed E-state index contributed by atoms with van der Waals surface area (Å²) in [5.41, 5.74) is 1.79. The zero-order chi connectivity index (χ0) is 22.2. The normalized spacial score (nSPS) is 25.8. The molecule has 4 heterocycles. The quantitative estimate of drug-likeness (QED) is 0.482. The SMILES string of the molecule is C[C@H]1O[C@@H](n2c(NCC3COC3)nc3c(OCc4ccc(Cl)cc4)ncnc32)[C@H](O)[C@@H]1O. The third kappa shape index (κ3) is 4.00. The van der Waals surface area contributed by atoms with Crippen LogP contribution in [0.15, 0.2) is 30.6 Å². The molecule has 0 amide bonds. The maximum Gasteiger partial charge on any atom is 0.245 e. The highest BCUT2D eigenvalue weighted by Gasteiger charge is 2.43. The molecule has 0 saturated carbocycles. The Morgan fingerprint density at radius 3 is 2.62 bits per heavy atom. The molecule has 32 heavy (non-hydrogen) atoms. The predicted octanol–water partition coefficient (Wildman–Crippen LogP) is 1.76. The van der Waals surface area contributed by atoms with Crippen molar-refractivity contribution in [1.82, 2.24) is 19.5 Å². The van der Waals surface area contributed by atoms with E-state index in [0.29, 0.717) is 53.7 Å². The van der Waals surface area contributed by atoms with Crippen LogP contribution in [0.3, 0.4) is 0 Å². The first-order chi connectivity index (χ1) is 15.5. The third-order valence-corrected chi connectivity index (χ3v) is 5.97. The number of hydrogen-bond acceptors (Lipinski definition) is 9. The highest BCUT2D eigenvalue weighted by molar-refractivity contribution is 6.30. The number of anilines is 1. The number of nitrogens with zero attached hydrogens (tertiary/aromatic N) is 4. The van der Waals surface area contributed by atoms with Gasteiger partial charge in [0.05, 0.1) is 19.3 Å². The molecular weight excluding hydrogens is 438 g/mol. The number of nitrogens with one attached hydrogen (secondary N) is 1. The lowest BCUT2D eigenvalue weighted by molar-refractivity contribution is -0.0303. The molecule has 0 aliphatic carbocycles. The summed E-state index contributed by atoms with van der Waals surface area (Å²) < 4.78 is 18.7. The Hall–Kier alpha value is -2.50. The van der Waals surface area contributed by atoms with Gasteiger partial charge in [-0.05, 0) is 24.6 Å². The van der Waals surface area contributed by atoms with Crippen LogP contribution in [-0.4, -0.2) is 67.8 Å². The standard InChI is InChI=1S/C21H24ClN5O5/c1-11-16(28)17(29)20(32-11)27-18-15(26-21(27)23-6-13-7-30-8-13)19(25-10-24-18)31-9-12-2-4-14(22)5-3-12/h2-5,10-11,13,16-17,20,28-29H,6-9H2,1H3,(H,23,26)/t11-,16-,17-,20-/m1/s1. The van der Waals surface area contributed by atoms with Crippen LogP contribution in [0.25, 0.3) is 11.2 Å². The van der Waals surface area contributed by atoms with Gasteiger partial charge in [0.2, 0.25) is 11.8 Å². The van der Waals surface area contributed by atoms with Gasteiger partial charge in [0.1, 0.15) is 25.1 Å². The van der Waals surface area contributed by atoms with Gasteiger partial charge in [-0.1, -0.05) is 23.7 Å². The lowest BCUT2D eigenvalue weighted by Crippen LogP contribution is -2.35. The number of benzene rings is 1. The molecule has 2 aliphatic heterocycles. The molecule has 170 valence electrons. The largest absolute Gasteiger partial charge is 0.471 e. The van der Waals surface area contributed by atoms with Gasteiger partial charge in [0.15, 0.2) is 17.4 Å². The minimum Gasteiger partial charge on any atom is -0.471 e. The van der Waals surface area contributed by atoms with E-state index in [0.717, 1.165) is 5.56 Å². The van der Waals surface area contributed by atoms with Crippen LogP contribution in [0.1, 0.15) is 18.7 Å². The second-order valence-electron chi connectivity index (χ2n) is 8.07. The summed E-state index contributed by atoms with van der Waals surface area (Å²) in [5.74, 6) is 1.13. The topological polar surface area (TPSA) is 124 Å². The smallest absolute Gasteiger partial charge is 0.245 e. The van der Waals surface area contributed by atoms with Gasteiger partial charge in [0, 0.05) is 17.5 Å². The maximum atomic E-state index is 10.6. The lowest BCUT2D eigenvalue weighted by atomic mass is 10.1. The van der Waals surface area contributed by atoms with E-state index in [2.05, 4.69) is 20.3 Å². The number of imidazole rings is 1. The van der Waals surface area contributed by atoms with Crippen LogP contribution in [0.4, 0.5) is 5.95 Å². The molecule has 0 spiro atoms. The molecule has 0 unspecified atom stereocenters. The molecule has 3 aromatic rings. The highest BCUT2D eigenvalue weighted by atomic mass is 35.5. The lowest BCUT2D eigenvalue weighted by Gasteiger charge is -2.27. The van der Waals surface area contributed by atoms with E-state index in [1.165, 1.54) is 6.33 Å². The van der Waals surface area contributed by atoms with Crippen molar-refractivity contribution in [1.29, 1.82) is 0 Å². The first kappa shape index (κ1) is 21.4. The monoisotopic (exact) mass is 461 g/mol. The summed E-state index contributed by atoms with van der Waals surface area (Å²) >= 11 is 5.95. The van der Waals surface area contributed by atoms with Crippen LogP contribution in [0.5, 0.6) is 5.88 Å². The van der Waals surface area contributed by atoms with Crippen LogP contribution < -0.4 is 10.1 Å². The zero-order valence-electron chi connectivity index (χ0n) is 17.4. The molecular formula is C21H24ClN5O5. The van der Waals surface area contributed by atoms with Crippen molar-refractivity contribution in [2.75, 3.05) is 25.1 Å². The van der Waals surface area contributed by atoms with E-state index in [9.17, 15) is 10.2 Å². The number of halogens is 1. The molecule has 1 aromatic carbocycles. The number of ether oxygens (including phenoxy) is 3. The number of aliphatic hydroxyl groups excluding tert-OH is 2. The second-order valence-corrected chi connectivity index (χ2v) is 8.51. The summed E-state index contributed by atoms with van der Waals surface area (Å²) in [6.07, 6.45) is -2.18. The van der Waals surface area contributed by atoms with E-state index in [-0.39, 0.29) is 6.61 Å². The molecule has 2 aromatic heterocycles.